The van der Waals surface area contributed by atoms with Crippen LogP contribution in [0, 0.1) is 0 Å². The topological polar surface area (TPSA) is 41.7 Å². The predicted octanol–water partition coefficient (Wildman–Crippen LogP) is 1.94. The predicted molar refractivity (Wildman–Crippen MR) is 86.1 cm³/mol. The second kappa shape index (κ2) is 6.30. The van der Waals surface area contributed by atoms with Crippen molar-refractivity contribution in [2.24, 2.45) is 5.73 Å². The highest BCUT2D eigenvalue weighted by atomic mass is 16.5. The zero-order valence-corrected chi connectivity index (χ0v) is 14.6. The summed E-state index contributed by atoms with van der Waals surface area (Å²) in [6.07, 6.45) is 2.17. The van der Waals surface area contributed by atoms with Crippen LogP contribution in [0.3, 0.4) is 0 Å². The molecule has 0 amide bonds. The molecule has 2 N–H and O–H groups in total. The highest BCUT2D eigenvalue weighted by Crippen LogP contribution is 2.47. The Morgan fingerprint density at radius 2 is 1.70 bits per heavy atom. The van der Waals surface area contributed by atoms with E-state index in [2.05, 4.69) is 58.5 Å². The maximum Gasteiger partial charge on any atom is 0.0830 e. The monoisotopic (exact) mass is 285 g/mol. The molecule has 1 saturated heterocycles. The van der Waals surface area contributed by atoms with Gasteiger partial charge in [0.15, 0.2) is 0 Å². The number of ether oxygens (including phenoxy) is 1. The third-order valence-electron chi connectivity index (χ3n) is 4.73. The summed E-state index contributed by atoms with van der Waals surface area (Å²) in [6, 6.07) is 0. The summed E-state index contributed by atoms with van der Waals surface area (Å²) in [5, 5.41) is 0. The Morgan fingerprint density at radius 3 is 2.05 bits per heavy atom. The lowest BCUT2D eigenvalue weighted by atomic mass is 9.77. The molecule has 120 valence electrons. The van der Waals surface area contributed by atoms with E-state index in [9.17, 15) is 0 Å². The summed E-state index contributed by atoms with van der Waals surface area (Å²) in [6.45, 7) is 14.9. The van der Waals surface area contributed by atoms with Crippen molar-refractivity contribution >= 4 is 0 Å². The second-order valence-corrected chi connectivity index (χ2v) is 7.52. The Hall–Kier alpha value is -0.160. The third kappa shape index (κ3) is 3.53. The van der Waals surface area contributed by atoms with E-state index < -0.39 is 0 Å². The Labute approximate surface area is 125 Å². The lowest BCUT2D eigenvalue weighted by molar-refractivity contribution is -0.103. The summed E-state index contributed by atoms with van der Waals surface area (Å²) in [5.74, 6) is 0. The molecule has 0 bridgehead atoms. The molecular weight excluding hydrogens is 250 g/mol. The number of rotatable bonds is 7. The lowest BCUT2D eigenvalue weighted by Gasteiger charge is -2.47. The summed E-state index contributed by atoms with van der Waals surface area (Å²) >= 11 is 0. The van der Waals surface area contributed by atoms with Gasteiger partial charge in [-0.25, -0.2) is 0 Å². The fourth-order valence-electron chi connectivity index (χ4n) is 3.93. The van der Waals surface area contributed by atoms with E-state index in [0.29, 0.717) is 6.54 Å². The van der Waals surface area contributed by atoms with Crippen LogP contribution < -0.4 is 5.73 Å². The van der Waals surface area contributed by atoms with Gasteiger partial charge in [0.1, 0.15) is 0 Å². The van der Waals surface area contributed by atoms with Crippen LogP contribution in [0.2, 0.25) is 0 Å². The molecule has 0 aliphatic carbocycles. The average Bonchev–Trinajstić information content (AvgIpc) is 2.49. The lowest BCUT2D eigenvalue weighted by Crippen LogP contribution is -2.63. The molecule has 0 radical (unpaired) electrons. The Bertz CT molecular complexity index is 315. The van der Waals surface area contributed by atoms with Crippen LogP contribution in [0.4, 0.5) is 0 Å². The van der Waals surface area contributed by atoms with E-state index in [1.54, 1.807) is 0 Å². The van der Waals surface area contributed by atoms with E-state index in [1.165, 1.54) is 6.42 Å². The Balaban J connectivity index is 2.90. The van der Waals surface area contributed by atoms with Crippen LogP contribution in [0.25, 0.3) is 0 Å². The van der Waals surface area contributed by atoms with Gasteiger partial charge in [-0.2, -0.15) is 0 Å². The summed E-state index contributed by atoms with van der Waals surface area (Å²) in [7, 11) is 4.25. The van der Waals surface area contributed by atoms with Crippen molar-refractivity contribution in [3.05, 3.63) is 0 Å². The maximum absolute atomic E-state index is 6.32. The van der Waals surface area contributed by atoms with Crippen LogP contribution in [-0.4, -0.2) is 66.8 Å². The van der Waals surface area contributed by atoms with E-state index in [-0.39, 0.29) is 16.7 Å². The molecule has 1 fully saturated rings. The molecule has 0 spiro atoms. The van der Waals surface area contributed by atoms with Crippen molar-refractivity contribution in [2.45, 2.75) is 64.2 Å². The van der Waals surface area contributed by atoms with Gasteiger partial charge < -0.3 is 15.4 Å². The van der Waals surface area contributed by atoms with Gasteiger partial charge in [-0.05, 0) is 67.7 Å². The van der Waals surface area contributed by atoms with Crippen molar-refractivity contribution in [2.75, 3.05) is 40.3 Å². The first-order valence-electron chi connectivity index (χ1n) is 7.90. The Kier molecular flexibility index (Phi) is 5.64. The third-order valence-corrected chi connectivity index (χ3v) is 4.73. The van der Waals surface area contributed by atoms with Gasteiger partial charge in [-0.3, -0.25) is 4.90 Å². The normalized spacial score (nSPS) is 28.5. The van der Waals surface area contributed by atoms with Crippen molar-refractivity contribution in [3.63, 3.8) is 0 Å². The van der Waals surface area contributed by atoms with Gasteiger partial charge in [0.25, 0.3) is 0 Å². The number of nitrogens with two attached hydrogens (primary N) is 1. The maximum atomic E-state index is 6.32. The fourth-order valence-corrected chi connectivity index (χ4v) is 3.93. The van der Waals surface area contributed by atoms with E-state index in [1.807, 2.05) is 0 Å². The average molecular weight is 285 g/mol. The highest BCUT2D eigenvalue weighted by molar-refractivity contribution is 5.13. The van der Waals surface area contributed by atoms with Gasteiger partial charge in [-0.15, -0.1) is 0 Å². The van der Waals surface area contributed by atoms with Crippen LogP contribution >= 0.6 is 0 Å². The van der Waals surface area contributed by atoms with E-state index >= 15 is 0 Å². The van der Waals surface area contributed by atoms with Crippen LogP contribution in [0.1, 0.15) is 47.5 Å². The van der Waals surface area contributed by atoms with E-state index in [4.69, 9.17) is 10.5 Å². The number of hydrogen-bond acceptors (Lipinski definition) is 4. The molecular formula is C16H35N3O. The highest BCUT2D eigenvalue weighted by Gasteiger charge is 2.58. The van der Waals surface area contributed by atoms with E-state index in [0.717, 1.165) is 26.1 Å². The number of nitrogens with zero attached hydrogens (tertiary/aromatic N) is 2. The standard InChI is InChI=1S/C16H35N3O/c1-8-19(11-9-10-18(6)7)16(13-17)12-14(2,3)20-15(16,4)5/h8-13,17H2,1-7H3. The van der Waals surface area contributed by atoms with Crippen LogP contribution in [0.5, 0.6) is 0 Å². The van der Waals surface area contributed by atoms with Gasteiger partial charge >= 0.3 is 0 Å². The molecule has 0 aromatic rings. The molecule has 0 saturated carbocycles. The first-order chi connectivity index (χ1) is 9.10. The second-order valence-electron chi connectivity index (χ2n) is 7.52. The van der Waals surface area contributed by atoms with Gasteiger partial charge in [-0.1, -0.05) is 6.92 Å². The minimum atomic E-state index is -0.209. The minimum Gasteiger partial charge on any atom is -0.368 e. The summed E-state index contributed by atoms with van der Waals surface area (Å²) in [5.41, 5.74) is 5.88. The molecule has 4 heteroatoms. The first kappa shape index (κ1) is 17.9. The van der Waals surface area contributed by atoms with Gasteiger partial charge in [0.2, 0.25) is 0 Å². The summed E-state index contributed by atoms with van der Waals surface area (Å²) < 4.78 is 6.32. The molecule has 4 nitrogen and oxygen atoms in total. The van der Waals surface area contributed by atoms with Gasteiger partial charge in [0.05, 0.1) is 16.7 Å². The number of hydrogen-bond donors (Lipinski definition) is 1. The van der Waals surface area contributed by atoms with Crippen LogP contribution in [0.15, 0.2) is 0 Å². The molecule has 20 heavy (non-hydrogen) atoms. The quantitative estimate of drug-likeness (QED) is 0.776. The van der Waals surface area contributed by atoms with Gasteiger partial charge in [0, 0.05) is 13.1 Å². The molecule has 1 aliphatic rings. The molecule has 1 atom stereocenters. The minimum absolute atomic E-state index is 0.0580. The van der Waals surface area contributed by atoms with Crippen molar-refractivity contribution in [1.82, 2.24) is 9.80 Å². The molecule has 0 aromatic carbocycles. The van der Waals surface area contributed by atoms with Crippen molar-refractivity contribution in [3.8, 4) is 0 Å². The fraction of sp³-hybridized carbons (Fsp3) is 1.00. The smallest absolute Gasteiger partial charge is 0.0830 e. The summed E-state index contributed by atoms with van der Waals surface area (Å²) in [4.78, 5) is 4.79. The zero-order chi connectivity index (χ0) is 15.6. The van der Waals surface area contributed by atoms with Crippen molar-refractivity contribution in [1.29, 1.82) is 0 Å². The Morgan fingerprint density at radius 1 is 1.10 bits per heavy atom. The number of likely N-dealkylation sites (N-methyl/N-ethyl adjacent to an activating group) is 1. The largest absolute Gasteiger partial charge is 0.368 e. The van der Waals surface area contributed by atoms with Crippen LogP contribution in [-0.2, 0) is 4.74 Å². The SMILES string of the molecule is CCN(CCCN(C)C)C1(CN)CC(C)(C)OC1(C)C. The molecule has 0 aromatic heterocycles. The molecule has 1 unspecified atom stereocenters. The molecule has 1 heterocycles. The molecule has 1 aliphatic heterocycles. The zero-order valence-electron chi connectivity index (χ0n) is 14.6. The van der Waals surface area contributed by atoms with Crippen molar-refractivity contribution < 1.29 is 4.74 Å². The molecule has 1 rings (SSSR count). The first-order valence-corrected chi connectivity index (χ1v) is 7.90.